The van der Waals surface area contributed by atoms with Crippen LogP contribution < -0.4 is 0 Å². The van der Waals surface area contributed by atoms with Crippen molar-refractivity contribution in [2.24, 2.45) is 10.8 Å². The SMILES string of the molecule is Cc1ccc(C)cc1.c1ccc2c(c1)C13c4ccccc4C45c6ccccc6C26c2ccccc2C(c2ccccc21)(c1ccccc14)C365.c1ccc2c(c1)C13c4ccccc4C45c6ccccc6C26c2ccccc2C(c2ccccc21)(c1ccccc14)C365. The maximum atomic E-state index is 2.49. The minimum atomic E-state index is -0.284. The van der Waals surface area contributed by atoms with Crippen LogP contribution in [0.4, 0.5) is 0 Å². The molecule has 0 saturated heterocycles. The molecule has 0 aliphatic heterocycles. The molecular formula is C90H58. The van der Waals surface area contributed by atoms with E-state index in [9.17, 15) is 0 Å². The fourth-order valence-electron chi connectivity index (χ4n) is 26.0. The van der Waals surface area contributed by atoms with Crippen LogP contribution in [0.5, 0.6) is 0 Å². The molecule has 0 heterocycles. The highest BCUT2D eigenvalue weighted by atomic mass is 15.0. The van der Waals surface area contributed by atoms with Crippen molar-refractivity contribution < 1.29 is 0 Å². The fourth-order valence-corrected chi connectivity index (χ4v) is 26.0. The quantitative estimate of drug-likeness (QED) is 0.142. The van der Waals surface area contributed by atoms with Gasteiger partial charge in [0.1, 0.15) is 0 Å². The number of benzene rings is 13. The second-order valence-corrected chi connectivity index (χ2v) is 28.2. The lowest BCUT2D eigenvalue weighted by atomic mass is 9.47. The Morgan fingerprint density at radius 2 is 0.200 bits per heavy atom. The van der Waals surface area contributed by atoms with Gasteiger partial charge in [0.15, 0.2) is 0 Å². The molecular weight excluding hydrogens is 1080 g/mol. The molecule has 0 nitrogen and oxygen atoms in total. The zero-order valence-electron chi connectivity index (χ0n) is 50.0. The van der Waals surface area contributed by atoms with Gasteiger partial charge in [0.25, 0.3) is 0 Å². The molecule has 13 aromatic carbocycles. The van der Waals surface area contributed by atoms with Gasteiger partial charge in [-0.2, -0.15) is 0 Å². The summed E-state index contributed by atoms with van der Waals surface area (Å²) in [7, 11) is 0. The second kappa shape index (κ2) is 14.8. The molecule has 2 spiro atoms. The largest absolute Gasteiger partial charge is 0.0619 e. The van der Waals surface area contributed by atoms with Crippen molar-refractivity contribution >= 4 is 0 Å². The van der Waals surface area contributed by atoms with Crippen LogP contribution in [0.15, 0.2) is 315 Å². The lowest BCUT2D eigenvalue weighted by Crippen LogP contribution is -2.57. The van der Waals surface area contributed by atoms with E-state index in [0.29, 0.717) is 0 Å². The normalized spacial score (nSPS) is 31.2. The fraction of sp³-hybridized carbons (Fsp3) is 0.133. The molecule has 13 aromatic rings. The Bertz CT molecular complexity index is 4070. The van der Waals surface area contributed by atoms with E-state index in [2.05, 4.69) is 329 Å². The van der Waals surface area contributed by atoms with Gasteiger partial charge in [-0.1, -0.05) is 327 Å². The second-order valence-electron chi connectivity index (χ2n) is 28.2. The molecule has 25 rings (SSSR count). The number of hydrogen-bond donors (Lipinski definition) is 0. The predicted molar refractivity (Wildman–Crippen MR) is 357 cm³/mol. The molecule has 12 aliphatic rings. The van der Waals surface area contributed by atoms with Crippen LogP contribution in [0.3, 0.4) is 0 Å². The third-order valence-corrected chi connectivity index (χ3v) is 26.5. The van der Waals surface area contributed by atoms with Crippen molar-refractivity contribution in [2.75, 3.05) is 0 Å². The van der Waals surface area contributed by atoms with Gasteiger partial charge in [-0.15, -0.1) is 0 Å². The van der Waals surface area contributed by atoms with Crippen LogP contribution in [0, 0.1) is 24.7 Å². The molecule has 0 amide bonds. The van der Waals surface area contributed by atoms with Crippen LogP contribution in [0.2, 0.25) is 0 Å². The predicted octanol–water partition coefficient (Wildman–Crippen LogP) is 18.3. The minimum Gasteiger partial charge on any atom is -0.0619 e. The van der Waals surface area contributed by atoms with Gasteiger partial charge >= 0.3 is 0 Å². The molecule has 12 aliphatic carbocycles. The van der Waals surface area contributed by atoms with E-state index in [4.69, 9.17) is 0 Å². The first-order chi connectivity index (χ1) is 44.5. The topological polar surface area (TPSA) is 0 Å². The highest BCUT2D eigenvalue weighted by molar-refractivity contribution is 6.01. The van der Waals surface area contributed by atoms with Gasteiger partial charge in [0, 0.05) is 10.8 Å². The summed E-state index contributed by atoms with van der Waals surface area (Å²) >= 11 is 0. The van der Waals surface area contributed by atoms with E-state index >= 15 is 0 Å². The monoisotopic (exact) mass is 1140 g/mol. The van der Waals surface area contributed by atoms with Crippen LogP contribution >= 0.6 is 0 Å². The van der Waals surface area contributed by atoms with E-state index in [1.54, 1.807) is 0 Å². The summed E-state index contributed by atoms with van der Waals surface area (Å²) < 4.78 is 0. The molecule has 0 unspecified atom stereocenters. The zero-order chi connectivity index (χ0) is 58.8. The maximum Gasteiger partial charge on any atom is 0.0562 e. The van der Waals surface area contributed by atoms with Gasteiger partial charge in [0.05, 0.1) is 43.3 Å². The first-order valence-corrected chi connectivity index (χ1v) is 32.7. The van der Waals surface area contributed by atoms with Gasteiger partial charge in [0.2, 0.25) is 0 Å². The molecule has 0 aromatic heterocycles. The molecule has 0 fully saturated rings. The molecule has 0 heteroatoms. The molecule has 0 radical (unpaired) electrons. The number of hydrogen-bond acceptors (Lipinski definition) is 0. The van der Waals surface area contributed by atoms with Crippen LogP contribution in [0.25, 0.3) is 0 Å². The number of fused-ring (bicyclic) bond motifs is 12. The highest BCUT2D eigenvalue weighted by Gasteiger charge is 3.01. The van der Waals surface area contributed by atoms with Crippen LogP contribution in [-0.4, -0.2) is 0 Å². The summed E-state index contributed by atoms with van der Waals surface area (Å²) in [6.45, 7) is 4.19. The van der Waals surface area contributed by atoms with Gasteiger partial charge in [-0.3, -0.25) is 0 Å². The molecule has 418 valence electrons. The Hall–Kier alpha value is -10.1. The maximum absolute atomic E-state index is 2.49. The van der Waals surface area contributed by atoms with E-state index in [1.165, 1.54) is 145 Å². The number of rotatable bonds is 0. The minimum absolute atomic E-state index is 0.228. The van der Waals surface area contributed by atoms with Crippen molar-refractivity contribution in [1.29, 1.82) is 0 Å². The average Bonchev–Trinajstić information content (AvgIpc) is 1.38. The van der Waals surface area contributed by atoms with Gasteiger partial charge < -0.3 is 0 Å². The highest BCUT2D eigenvalue weighted by Crippen LogP contribution is 3.01. The summed E-state index contributed by atoms with van der Waals surface area (Å²) in [5.74, 6) is 0. The Labute approximate surface area is 524 Å². The van der Waals surface area contributed by atoms with Crippen molar-refractivity contribution in [3.05, 3.63) is 460 Å². The average molecular weight is 1140 g/mol. The molecule has 0 saturated carbocycles. The Balaban J connectivity index is 0.000000104. The Kier molecular flexibility index (Phi) is 7.86. The summed E-state index contributed by atoms with van der Waals surface area (Å²) in [5, 5.41) is 0. The smallest absolute Gasteiger partial charge is 0.0562 e. The molecule has 90 heavy (non-hydrogen) atoms. The van der Waals surface area contributed by atoms with Crippen molar-refractivity contribution in [2.45, 2.75) is 57.2 Å². The Morgan fingerprint density at radius 3 is 0.278 bits per heavy atom. The molecule has 0 bridgehead atoms. The van der Waals surface area contributed by atoms with E-state index < -0.39 is 0 Å². The lowest BCUT2D eigenvalue weighted by molar-refractivity contribution is 0.108. The van der Waals surface area contributed by atoms with Crippen LogP contribution in [-0.2, 0) is 43.3 Å². The zero-order valence-corrected chi connectivity index (χ0v) is 50.0. The summed E-state index contributed by atoms with van der Waals surface area (Å²) in [4.78, 5) is 0. The molecule has 0 N–H and O–H groups in total. The van der Waals surface area contributed by atoms with E-state index in [0.717, 1.165) is 0 Å². The number of aryl methyl sites for hydroxylation is 2. The lowest BCUT2D eigenvalue weighted by Gasteiger charge is -2.51. The third kappa shape index (κ3) is 3.80. The van der Waals surface area contributed by atoms with Crippen molar-refractivity contribution in [3.8, 4) is 0 Å². The Morgan fingerprint density at radius 1 is 0.122 bits per heavy atom. The van der Waals surface area contributed by atoms with Gasteiger partial charge in [-0.05, 0) is 147 Å². The summed E-state index contributed by atoms with van der Waals surface area (Å²) in [6, 6.07) is 123. The first kappa shape index (κ1) is 47.9. The summed E-state index contributed by atoms with van der Waals surface area (Å²) in [6.07, 6.45) is 0. The van der Waals surface area contributed by atoms with Gasteiger partial charge in [-0.25, -0.2) is 0 Å². The third-order valence-electron chi connectivity index (χ3n) is 26.5. The first-order valence-electron chi connectivity index (χ1n) is 32.7. The standard InChI is InChI=1S/2C41H24.C8H10/c2*1-2-14-26-25(13-1)37-27-15-3-5-17-29(27)39-33-21-9-7-19-31(33)38(26)32-20-8-10-22-34(32)40(41(37,38)39,30-18-6-4-16-28(30)37)36-24-12-11-23-35(36)39;1-7-3-5-8(2)6-4-7/h2*1-24H;3-6H,1-2H3. The van der Waals surface area contributed by atoms with Crippen molar-refractivity contribution in [3.63, 3.8) is 0 Å². The van der Waals surface area contributed by atoms with E-state index in [1.807, 2.05) is 0 Å². The van der Waals surface area contributed by atoms with E-state index in [-0.39, 0.29) is 54.1 Å². The van der Waals surface area contributed by atoms with Crippen LogP contribution in [0.1, 0.15) is 145 Å². The van der Waals surface area contributed by atoms with Crippen molar-refractivity contribution in [1.82, 2.24) is 0 Å². The summed E-state index contributed by atoms with van der Waals surface area (Å²) in [5.41, 5.74) is 36.3. The molecule has 0 atom stereocenters.